The normalized spacial score (nSPS) is 11.3. The molecule has 4 aromatic rings. The van der Waals surface area contributed by atoms with E-state index in [2.05, 4.69) is 14.7 Å². The average Bonchev–Trinajstić information content (AvgIpc) is 2.77. The molecule has 0 atom stereocenters. The van der Waals surface area contributed by atoms with Crippen molar-refractivity contribution < 1.29 is 9.53 Å². The lowest BCUT2D eigenvalue weighted by molar-refractivity contribution is -0.139. The van der Waals surface area contributed by atoms with E-state index in [0.29, 0.717) is 10.0 Å². The highest BCUT2D eigenvalue weighted by Gasteiger charge is 2.23. The van der Waals surface area contributed by atoms with Crippen LogP contribution in [0.4, 0.5) is 0 Å². The van der Waals surface area contributed by atoms with Gasteiger partial charge in [-0.2, -0.15) is 0 Å². The second-order valence-corrected chi connectivity index (χ2v) is 11.0. The third kappa shape index (κ3) is 6.87. The summed E-state index contributed by atoms with van der Waals surface area (Å²) in [4.78, 5) is 19.8. The molecule has 2 aromatic carbocycles. The van der Waals surface area contributed by atoms with Gasteiger partial charge >= 0.3 is 5.97 Å². The number of aromatic nitrogens is 2. The zero-order valence-electron chi connectivity index (χ0n) is 18.6. The van der Waals surface area contributed by atoms with Crippen molar-refractivity contribution in [2.75, 3.05) is 7.11 Å². The second-order valence-electron chi connectivity index (χ2n) is 7.69. The maximum Gasteiger partial charge on any atom is 0.310 e. The van der Waals surface area contributed by atoms with Gasteiger partial charge in [0.05, 0.1) is 13.5 Å². The Balaban J connectivity index is 0.000000191. The molecular weight excluding hydrogens is 538 g/mol. The van der Waals surface area contributed by atoms with Crippen LogP contribution >= 0.6 is 58.0 Å². The van der Waals surface area contributed by atoms with Gasteiger partial charge in [-0.15, -0.1) is 0 Å². The van der Waals surface area contributed by atoms with Crippen molar-refractivity contribution in [2.45, 2.75) is 30.5 Å². The molecule has 2 aromatic heterocycles. The van der Waals surface area contributed by atoms with E-state index in [-0.39, 0.29) is 18.8 Å². The first-order chi connectivity index (χ1) is 16.0. The van der Waals surface area contributed by atoms with Gasteiger partial charge in [-0.3, -0.25) is 14.8 Å². The van der Waals surface area contributed by atoms with Gasteiger partial charge in [0.2, 0.25) is 0 Å². The number of esters is 1. The molecule has 34 heavy (non-hydrogen) atoms. The minimum Gasteiger partial charge on any atom is -0.469 e. The van der Waals surface area contributed by atoms with Gasteiger partial charge in [0.1, 0.15) is 0 Å². The predicted octanol–water partition coefficient (Wildman–Crippen LogP) is 8.02. The summed E-state index contributed by atoms with van der Waals surface area (Å²) in [6.07, 6.45) is 4.03. The number of ether oxygens (including phenoxy) is 1. The lowest BCUT2D eigenvalue weighted by Gasteiger charge is -2.14. The molecule has 178 valence electrons. The summed E-state index contributed by atoms with van der Waals surface area (Å²) in [5.74, 6) is -0.297. The standard InChI is InChI=1S/C13H12ClNO2.C12H9Cl4N/c1-8-5-10-9(7-15-8)3-4-12(14)11(10)6-13(16)17-2;1-7-4-9-8(6-17-7)2-3-11(13)10(9)5-12(14,15)16/h3-5,7H,6H2,1-2H3;2-4,6H,5H2,1H3. The van der Waals surface area contributed by atoms with E-state index in [1.54, 1.807) is 24.5 Å². The van der Waals surface area contributed by atoms with Gasteiger partial charge in [0.15, 0.2) is 3.79 Å². The lowest BCUT2D eigenvalue weighted by atomic mass is 10.0. The molecular formula is C25H21Cl5N2O2. The first kappa shape index (κ1) is 26.8. The Morgan fingerprint density at radius 3 is 1.79 bits per heavy atom. The molecule has 0 saturated heterocycles. The van der Waals surface area contributed by atoms with Gasteiger partial charge < -0.3 is 4.74 Å². The predicted molar refractivity (Wildman–Crippen MR) is 143 cm³/mol. The van der Waals surface area contributed by atoms with E-state index in [1.807, 2.05) is 38.1 Å². The Kier molecular flexibility index (Phi) is 8.88. The van der Waals surface area contributed by atoms with Crippen molar-refractivity contribution in [3.05, 3.63) is 81.4 Å². The summed E-state index contributed by atoms with van der Waals surface area (Å²) in [7, 11) is 1.37. The zero-order valence-corrected chi connectivity index (χ0v) is 22.4. The molecule has 0 fully saturated rings. The van der Waals surface area contributed by atoms with Crippen LogP contribution in [0.5, 0.6) is 0 Å². The summed E-state index contributed by atoms with van der Waals surface area (Å²) in [6.45, 7) is 3.82. The van der Waals surface area contributed by atoms with Gasteiger partial charge in [0, 0.05) is 51.0 Å². The smallest absolute Gasteiger partial charge is 0.310 e. The van der Waals surface area contributed by atoms with Crippen LogP contribution < -0.4 is 0 Å². The van der Waals surface area contributed by atoms with E-state index in [1.165, 1.54) is 7.11 Å². The average molecular weight is 559 g/mol. The maximum atomic E-state index is 11.4. The Morgan fingerprint density at radius 2 is 1.32 bits per heavy atom. The Labute approximate surface area is 223 Å². The molecule has 2 heterocycles. The first-order valence-corrected chi connectivity index (χ1v) is 12.1. The van der Waals surface area contributed by atoms with Crippen molar-refractivity contribution >= 4 is 85.5 Å². The fourth-order valence-corrected chi connectivity index (χ4v) is 4.35. The Bertz CT molecular complexity index is 1340. The number of hydrogen-bond acceptors (Lipinski definition) is 4. The van der Waals surface area contributed by atoms with E-state index < -0.39 is 3.79 Å². The number of carbonyl (C=O) groups excluding carboxylic acids is 1. The van der Waals surface area contributed by atoms with Crippen LogP contribution in [-0.2, 0) is 22.4 Å². The van der Waals surface area contributed by atoms with E-state index in [4.69, 9.17) is 58.0 Å². The number of benzene rings is 2. The Morgan fingerprint density at radius 1 is 0.853 bits per heavy atom. The largest absolute Gasteiger partial charge is 0.469 e. The summed E-state index contributed by atoms with van der Waals surface area (Å²) in [5.41, 5.74) is 3.44. The minimum atomic E-state index is -1.35. The number of alkyl halides is 3. The van der Waals surface area contributed by atoms with E-state index >= 15 is 0 Å². The highest BCUT2D eigenvalue weighted by atomic mass is 35.6. The number of carbonyl (C=O) groups is 1. The van der Waals surface area contributed by atoms with Gasteiger partial charge in [0.25, 0.3) is 0 Å². The molecule has 0 amide bonds. The minimum absolute atomic E-state index is 0.177. The second kappa shape index (κ2) is 11.3. The molecule has 0 aliphatic carbocycles. The molecule has 0 bridgehead atoms. The number of pyridine rings is 2. The first-order valence-electron chi connectivity index (χ1n) is 10.2. The van der Waals surface area contributed by atoms with Crippen LogP contribution in [0.1, 0.15) is 22.5 Å². The van der Waals surface area contributed by atoms with Crippen molar-refractivity contribution in [1.82, 2.24) is 9.97 Å². The summed E-state index contributed by atoms with van der Waals surface area (Å²) < 4.78 is 3.32. The quantitative estimate of drug-likeness (QED) is 0.189. The lowest BCUT2D eigenvalue weighted by Crippen LogP contribution is -2.08. The summed E-state index contributed by atoms with van der Waals surface area (Å²) >= 11 is 29.8. The molecule has 0 N–H and O–H groups in total. The van der Waals surface area contributed by atoms with E-state index in [0.717, 1.165) is 44.1 Å². The molecule has 0 radical (unpaired) electrons. The van der Waals surface area contributed by atoms with Crippen molar-refractivity contribution in [2.24, 2.45) is 0 Å². The SMILES string of the molecule is COC(=O)Cc1c(Cl)ccc2cnc(C)cc12.Cc1cc2c(CC(Cl)(Cl)Cl)c(Cl)ccc2cn1. The topological polar surface area (TPSA) is 52.1 Å². The molecule has 4 nitrogen and oxygen atoms in total. The molecule has 9 heteroatoms. The van der Waals surface area contributed by atoms with Gasteiger partial charge in [-0.25, -0.2) is 0 Å². The fourth-order valence-electron chi connectivity index (χ4n) is 3.49. The number of fused-ring (bicyclic) bond motifs is 2. The number of hydrogen-bond donors (Lipinski definition) is 0. The van der Waals surface area contributed by atoms with Crippen molar-refractivity contribution in [3.63, 3.8) is 0 Å². The molecule has 0 unspecified atom stereocenters. The summed E-state index contributed by atoms with van der Waals surface area (Å²) in [6, 6.07) is 11.3. The Hall–Kier alpha value is -1.82. The highest BCUT2D eigenvalue weighted by Crippen LogP contribution is 2.36. The molecule has 0 aliphatic rings. The van der Waals surface area contributed by atoms with Crippen LogP contribution in [0.15, 0.2) is 48.8 Å². The number of rotatable bonds is 3. The van der Waals surface area contributed by atoms with E-state index in [9.17, 15) is 4.79 Å². The summed E-state index contributed by atoms with van der Waals surface area (Å²) in [5, 5.41) is 5.08. The number of halogens is 5. The van der Waals surface area contributed by atoms with Crippen LogP contribution in [0.2, 0.25) is 10.0 Å². The van der Waals surface area contributed by atoms with Crippen molar-refractivity contribution in [1.29, 1.82) is 0 Å². The van der Waals surface area contributed by atoms with Crippen LogP contribution in [-0.4, -0.2) is 26.8 Å². The molecule has 0 aliphatic heterocycles. The third-order valence-corrected chi connectivity index (χ3v) is 6.22. The number of aryl methyl sites for hydroxylation is 2. The van der Waals surface area contributed by atoms with Crippen LogP contribution in [0.25, 0.3) is 21.5 Å². The molecule has 4 rings (SSSR count). The maximum absolute atomic E-state index is 11.4. The molecule has 0 saturated carbocycles. The monoisotopic (exact) mass is 556 g/mol. The zero-order chi connectivity index (χ0) is 25.0. The fraction of sp³-hybridized carbons (Fsp3) is 0.240. The molecule has 0 spiro atoms. The van der Waals surface area contributed by atoms with Gasteiger partial charge in [-0.05, 0) is 60.0 Å². The number of methoxy groups -OCH3 is 1. The highest BCUT2D eigenvalue weighted by molar-refractivity contribution is 6.67. The van der Waals surface area contributed by atoms with Gasteiger partial charge in [-0.1, -0.05) is 70.1 Å². The van der Waals surface area contributed by atoms with Crippen LogP contribution in [0.3, 0.4) is 0 Å². The third-order valence-electron chi connectivity index (χ3n) is 5.11. The van der Waals surface area contributed by atoms with Crippen LogP contribution in [0, 0.1) is 13.8 Å². The number of nitrogens with zero attached hydrogens (tertiary/aromatic N) is 2. The van der Waals surface area contributed by atoms with Crippen molar-refractivity contribution in [3.8, 4) is 0 Å².